The number of nitrogens with zero attached hydrogens (tertiary/aromatic N) is 4. The van der Waals surface area contributed by atoms with Gasteiger partial charge in [0, 0.05) is 59.7 Å². The minimum absolute atomic E-state index is 0.183. The molecule has 2 atom stereocenters. The van der Waals surface area contributed by atoms with E-state index in [0.717, 1.165) is 44.6 Å². The number of aryl methyl sites for hydroxylation is 2. The minimum atomic E-state index is -0.324. The van der Waals surface area contributed by atoms with Crippen LogP contribution >= 0.6 is 31.9 Å². The van der Waals surface area contributed by atoms with Gasteiger partial charge in [-0.25, -0.2) is 9.97 Å². The number of Topliss-reactive ketones (excluding diaryl/α,β-unsaturated/α-hetero) is 1. The van der Waals surface area contributed by atoms with Crippen LogP contribution in [0.3, 0.4) is 0 Å². The summed E-state index contributed by atoms with van der Waals surface area (Å²) < 4.78 is 6.14. The molecule has 2 heterocycles. The highest BCUT2D eigenvalue weighted by Crippen LogP contribution is 2.32. The van der Waals surface area contributed by atoms with E-state index in [-0.39, 0.29) is 17.6 Å². The van der Waals surface area contributed by atoms with Crippen LogP contribution in [0.1, 0.15) is 48.5 Å². The molecule has 2 aromatic heterocycles. The van der Waals surface area contributed by atoms with Crippen molar-refractivity contribution in [3.63, 3.8) is 0 Å². The largest absolute Gasteiger partial charge is 0.334 e. The van der Waals surface area contributed by atoms with Crippen molar-refractivity contribution in [1.29, 1.82) is 0 Å². The molecule has 4 aromatic rings. The van der Waals surface area contributed by atoms with Crippen molar-refractivity contribution in [2.45, 2.75) is 51.6 Å². The Balaban J connectivity index is 1.78. The Bertz CT molecular complexity index is 1170. The van der Waals surface area contributed by atoms with E-state index in [1.54, 1.807) is 0 Å². The maximum Gasteiger partial charge on any atom is 0.151 e. The molecule has 0 saturated carbocycles. The summed E-state index contributed by atoms with van der Waals surface area (Å²) in [5, 5.41) is 0. The third-order valence-electron chi connectivity index (χ3n) is 6.18. The van der Waals surface area contributed by atoms with Crippen molar-refractivity contribution < 1.29 is 4.79 Å². The van der Waals surface area contributed by atoms with Gasteiger partial charge < -0.3 is 9.13 Å². The number of carbonyl (C=O) groups excluding carboxylic acids is 1. The number of ketones is 1. The first-order valence-corrected chi connectivity index (χ1v) is 13.1. The van der Waals surface area contributed by atoms with E-state index in [1.165, 1.54) is 0 Å². The molecule has 0 bridgehead atoms. The Morgan fingerprint density at radius 2 is 1.24 bits per heavy atom. The van der Waals surface area contributed by atoms with Crippen molar-refractivity contribution in [3.05, 3.63) is 105 Å². The molecule has 176 valence electrons. The number of rotatable bonds is 10. The molecule has 0 amide bonds. The summed E-state index contributed by atoms with van der Waals surface area (Å²) in [6, 6.07) is 16.2. The second-order valence-corrected chi connectivity index (χ2v) is 10.1. The van der Waals surface area contributed by atoms with Crippen LogP contribution in [0.5, 0.6) is 0 Å². The Morgan fingerprint density at radius 1 is 0.794 bits per heavy atom. The average molecular weight is 584 g/mol. The molecule has 0 radical (unpaired) electrons. The Morgan fingerprint density at radius 3 is 1.62 bits per heavy atom. The van der Waals surface area contributed by atoms with Crippen molar-refractivity contribution in [1.82, 2.24) is 19.1 Å². The van der Waals surface area contributed by atoms with E-state index in [0.29, 0.717) is 13.1 Å². The maximum atomic E-state index is 14.4. The van der Waals surface area contributed by atoms with E-state index in [1.807, 2.05) is 61.2 Å². The molecule has 0 saturated heterocycles. The molecule has 2 unspecified atom stereocenters. The van der Waals surface area contributed by atoms with Crippen molar-refractivity contribution >= 4 is 37.6 Å². The fraction of sp³-hybridized carbons (Fsp3) is 0.296. The number of hydrogen-bond donors (Lipinski definition) is 0. The molecule has 34 heavy (non-hydrogen) atoms. The summed E-state index contributed by atoms with van der Waals surface area (Å²) in [5.41, 5.74) is 1.99. The number of carbonyl (C=O) groups is 1. The zero-order chi connectivity index (χ0) is 24.1. The van der Waals surface area contributed by atoms with Gasteiger partial charge in [-0.1, -0.05) is 70.0 Å². The topological polar surface area (TPSA) is 52.7 Å². The molecule has 0 fully saturated rings. The van der Waals surface area contributed by atoms with Crippen LogP contribution < -0.4 is 0 Å². The summed E-state index contributed by atoms with van der Waals surface area (Å²) in [7, 11) is 0. The first-order valence-electron chi connectivity index (χ1n) is 11.5. The predicted octanol–water partition coefficient (Wildman–Crippen LogP) is 6.57. The lowest BCUT2D eigenvalue weighted by Crippen LogP contribution is -2.28. The van der Waals surface area contributed by atoms with Crippen LogP contribution in [0.2, 0.25) is 0 Å². The van der Waals surface area contributed by atoms with Gasteiger partial charge in [-0.2, -0.15) is 0 Å². The first kappa shape index (κ1) is 24.6. The third kappa shape index (κ3) is 5.58. The van der Waals surface area contributed by atoms with Gasteiger partial charge in [-0.15, -0.1) is 0 Å². The van der Waals surface area contributed by atoms with E-state index in [4.69, 9.17) is 0 Å². The molecule has 0 aliphatic carbocycles. The van der Waals surface area contributed by atoms with Crippen LogP contribution in [0.25, 0.3) is 0 Å². The van der Waals surface area contributed by atoms with Crippen molar-refractivity contribution in [2.75, 3.05) is 0 Å². The van der Waals surface area contributed by atoms with Gasteiger partial charge in [-0.3, -0.25) is 4.79 Å². The van der Waals surface area contributed by atoms with E-state index < -0.39 is 0 Å². The second-order valence-electron chi connectivity index (χ2n) is 8.32. The number of halogens is 2. The van der Waals surface area contributed by atoms with Gasteiger partial charge in [-0.05, 0) is 35.4 Å². The van der Waals surface area contributed by atoms with Crippen LogP contribution in [0.4, 0.5) is 0 Å². The van der Waals surface area contributed by atoms with E-state index in [2.05, 4.69) is 76.9 Å². The first-order chi connectivity index (χ1) is 16.5. The normalized spacial score (nSPS) is 13.1. The third-order valence-corrected chi connectivity index (χ3v) is 7.17. The van der Waals surface area contributed by atoms with Crippen LogP contribution in [-0.4, -0.2) is 24.9 Å². The Kier molecular flexibility index (Phi) is 8.16. The minimum Gasteiger partial charge on any atom is -0.334 e. The van der Waals surface area contributed by atoms with Crippen LogP contribution in [0, 0.1) is 0 Å². The molecular weight excluding hydrogens is 556 g/mol. The van der Waals surface area contributed by atoms with Crippen LogP contribution in [0.15, 0.2) is 82.3 Å². The highest BCUT2D eigenvalue weighted by molar-refractivity contribution is 9.10. The van der Waals surface area contributed by atoms with E-state index >= 15 is 0 Å². The second kappa shape index (κ2) is 11.3. The Labute approximate surface area is 217 Å². The highest BCUT2D eigenvalue weighted by atomic mass is 79.9. The summed E-state index contributed by atoms with van der Waals surface area (Å²) >= 11 is 7.19. The monoisotopic (exact) mass is 582 g/mol. The molecule has 4 rings (SSSR count). The Hall–Kier alpha value is -2.51. The molecule has 2 aromatic carbocycles. The SMILES string of the molecule is CCc1nccn1CC(C(=O)C(Cn1ccnc1CC)c1cccc(Br)c1)c1cccc(Br)c1. The van der Waals surface area contributed by atoms with Gasteiger partial charge in [0.05, 0.1) is 11.8 Å². The zero-order valence-electron chi connectivity index (χ0n) is 19.4. The van der Waals surface area contributed by atoms with Gasteiger partial charge >= 0.3 is 0 Å². The number of imidazole rings is 2. The van der Waals surface area contributed by atoms with Gasteiger partial charge in [0.15, 0.2) is 5.78 Å². The van der Waals surface area contributed by atoms with Gasteiger partial charge in [0.1, 0.15) is 11.6 Å². The summed E-state index contributed by atoms with van der Waals surface area (Å²) in [5.74, 6) is 1.50. The lowest BCUT2D eigenvalue weighted by Gasteiger charge is -2.25. The average Bonchev–Trinajstić information content (AvgIpc) is 3.49. The summed E-state index contributed by atoms with van der Waals surface area (Å²) in [4.78, 5) is 23.4. The predicted molar refractivity (Wildman–Crippen MR) is 142 cm³/mol. The molecule has 0 aliphatic heterocycles. The summed E-state index contributed by atoms with van der Waals surface area (Å²) in [6.07, 6.45) is 9.19. The van der Waals surface area contributed by atoms with Crippen LogP contribution in [-0.2, 0) is 30.7 Å². The fourth-order valence-corrected chi connectivity index (χ4v) is 5.28. The number of hydrogen-bond acceptors (Lipinski definition) is 3. The van der Waals surface area contributed by atoms with Gasteiger partial charge in [0.2, 0.25) is 0 Å². The molecular formula is C27H28Br2N4O. The smallest absolute Gasteiger partial charge is 0.151 e. The quantitative estimate of drug-likeness (QED) is 0.212. The van der Waals surface area contributed by atoms with Crippen molar-refractivity contribution in [2.24, 2.45) is 0 Å². The zero-order valence-corrected chi connectivity index (χ0v) is 22.5. The standard InChI is InChI=1S/C27H28Br2N4O/c1-3-25-30-11-13-32(25)17-23(19-7-5-9-21(28)15-19)27(34)24(20-8-6-10-22(29)16-20)18-33-14-12-31-26(33)4-2/h5-16,23-24H,3-4,17-18H2,1-2H3. The summed E-state index contributed by atoms with van der Waals surface area (Å²) in [6.45, 7) is 5.27. The molecule has 7 heteroatoms. The van der Waals surface area contributed by atoms with Crippen molar-refractivity contribution in [3.8, 4) is 0 Å². The maximum absolute atomic E-state index is 14.4. The molecule has 0 spiro atoms. The highest BCUT2D eigenvalue weighted by Gasteiger charge is 2.31. The molecule has 5 nitrogen and oxygen atoms in total. The van der Waals surface area contributed by atoms with Gasteiger partial charge in [0.25, 0.3) is 0 Å². The molecule has 0 aliphatic rings. The number of benzene rings is 2. The van der Waals surface area contributed by atoms with E-state index in [9.17, 15) is 4.79 Å². The fourth-order valence-electron chi connectivity index (χ4n) is 4.44. The number of aromatic nitrogens is 4. The lowest BCUT2D eigenvalue weighted by atomic mass is 9.83. The lowest BCUT2D eigenvalue weighted by molar-refractivity contribution is -0.122. The molecule has 0 N–H and O–H groups in total.